The van der Waals surface area contributed by atoms with Crippen LogP contribution in [0, 0.1) is 25.7 Å². The summed E-state index contributed by atoms with van der Waals surface area (Å²) in [5.74, 6) is 2.19. The van der Waals surface area contributed by atoms with Gasteiger partial charge < -0.3 is 19.1 Å². The Morgan fingerprint density at radius 1 is 0.818 bits per heavy atom. The van der Waals surface area contributed by atoms with E-state index in [0.29, 0.717) is 11.5 Å². The third-order valence-electron chi connectivity index (χ3n) is 8.21. The van der Waals surface area contributed by atoms with E-state index in [9.17, 15) is 0 Å². The summed E-state index contributed by atoms with van der Waals surface area (Å²) < 4.78 is 8.75. The second-order valence-electron chi connectivity index (χ2n) is 11.3. The van der Waals surface area contributed by atoms with Crippen LogP contribution in [0.25, 0.3) is 27.6 Å². The number of aryl methyl sites for hydroxylation is 3. The van der Waals surface area contributed by atoms with Gasteiger partial charge in [0.15, 0.2) is 0 Å². The molecule has 2 aromatic heterocycles. The number of pyridine rings is 1. The number of nitrogens with zero attached hydrogens (tertiary/aromatic N) is 4. The summed E-state index contributed by atoms with van der Waals surface area (Å²) in [6.07, 6.45) is 6.17. The Balaban J connectivity index is 0.00000343. The largest absolute Gasteiger partial charge is 0.509 e. The first kappa shape index (κ1) is 30.0. The molecule has 0 saturated heterocycles. The van der Waals surface area contributed by atoms with E-state index in [0.717, 1.165) is 59.5 Å². The molecule has 7 rings (SSSR count). The van der Waals surface area contributed by atoms with Gasteiger partial charge in [-0.15, -0.1) is 41.4 Å². The van der Waals surface area contributed by atoms with Crippen LogP contribution in [0.1, 0.15) is 43.4 Å². The van der Waals surface area contributed by atoms with Gasteiger partial charge in [0.2, 0.25) is 0 Å². The summed E-state index contributed by atoms with van der Waals surface area (Å²) in [6, 6.07) is 34.4. The van der Waals surface area contributed by atoms with E-state index in [2.05, 4.69) is 116 Å². The minimum absolute atomic E-state index is 0. The van der Waals surface area contributed by atoms with Crippen LogP contribution < -0.4 is 14.5 Å². The molecular formula is C38H35N4OPt-3. The van der Waals surface area contributed by atoms with Crippen molar-refractivity contribution < 1.29 is 25.8 Å². The Labute approximate surface area is 274 Å². The van der Waals surface area contributed by atoms with Crippen LogP contribution >= 0.6 is 0 Å². The van der Waals surface area contributed by atoms with E-state index in [1.165, 1.54) is 27.6 Å². The molecule has 0 spiro atoms. The number of aromatic nitrogens is 2. The molecule has 0 bridgehead atoms. The van der Waals surface area contributed by atoms with Gasteiger partial charge in [-0.3, -0.25) is 0 Å². The monoisotopic (exact) mass is 758 g/mol. The number of hydrogen-bond donors (Lipinski definition) is 0. The molecule has 0 radical (unpaired) electrons. The van der Waals surface area contributed by atoms with Gasteiger partial charge in [0, 0.05) is 55.7 Å². The fraction of sp³-hybridized carbons (Fsp3) is 0.211. The van der Waals surface area contributed by atoms with Gasteiger partial charge in [-0.25, -0.2) is 4.98 Å². The smallest absolute Gasteiger partial charge is 0.135 e. The maximum atomic E-state index is 6.45. The molecule has 3 heterocycles. The Bertz CT molecular complexity index is 1960. The van der Waals surface area contributed by atoms with Gasteiger partial charge >= 0.3 is 0 Å². The topological polar surface area (TPSA) is 33.5 Å². The fourth-order valence-electron chi connectivity index (χ4n) is 6.29. The van der Waals surface area contributed by atoms with E-state index in [1.54, 1.807) is 0 Å². The summed E-state index contributed by atoms with van der Waals surface area (Å²) in [5, 5.41) is 2.38. The van der Waals surface area contributed by atoms with Crippen molar-refractivity contribution >= 4 is 38.9 Å². The van der Waals surface area contributed by atoms with E-state index in [-0.39, 0.29) is 21.1 Å². The number of anilines is 3. The molecule has 44 heavy (non-hydrogen) atoms. The van der Waals surface area contributed by atoms with E-state index < -0.39 is 0 Å². The first-order valence-corrected chi connectivity index (χ1v) is 15.2. The maximum Gasteiger partial charge on any atom is 0.135 e. The van der Waals surface area contributed by atoms with Crippen molar-refractivity contribution in [3.8, 4) is 17.3 Å². The second kappa shape index (κ2) is 12.5. The number of fused-ring (bicyclic) bond motifs is 4. The average Bonchev–Trinajstić information content (AvgIpc) is 3.53. The molecule has 1 aliphatic heterocycles. The summed E-state index contributed by atoms with van der Waals surface area (Å²) in [5.41, 5.74) is 9.39. The molecule has 226 valence electrons. The molecule has 0 saturated carbocycles. The van der Waals surface area contributed by atoms with E-state index >= 15 is 0 Å². The average molecular weight is 759 g/mol. The quantitative estimate of drug-likeness (QED) is 0.145. The van der Waals surface area contributed by atoms with Crippen LogP contribution in [0.15, 0.2) is 85.1 Å². The van der Waals surface area contributed by atoms with Crippen molar-refractivity contribution in [2.45, 2.75) is 46.5 Å². The molecule has 0 fully saturated rings. The number of hydrogen-bond acceptors (Lipinski definition) is 4. The zero-order valence-electron chi connectivity index (χ0n) is 25.5. The van der Waals surface area contributed by atoms with Crippen molar-refractivity contribution in [2.24, 2.45) is 0 Å². The van der Waals surface area contributed by atoms with Crippen molar-refractivity contribution in [2.75, 3.05) is 16.8 Å². The third kappa shape index (κ3) is 5.28. The van der Waals surface area contributed by atoms with Gasteiger partial charge in [-0.2, -0.15) is 18.8 Å². The Morgan fingerprint density at radius 2 is 1.59 bits per heavy atom. The van der Waals surface area contributed by atoms with Crippen LogP contribution in [-0.2, 0) is 33.9 Å². The predicted octanol–water partition coefficient (Wildman–Crippen LogP) is 9.49. The van der Waals surface area contributed by atoms with Gasteiger partial charge in [0.25, 0.3) is 0 Å². The normalized spacial score (nSPS) is 12.5. The van der Waals surface area contributed by atoms with Gasteiger partial charge in [-0.1, -0.05) is 56.5 Å². The van der Waals surface area contributed by atoms with Crippen molar-refractivity contribution in [3.05, 3.63) is 121 Å². The Kier molecular flexibility index (Phi) is 8.51. The Hall–Kier alpha value is -4.08. The summed E-state index contributed by atoms with van der Waals surface area (Å²) in [7, 11) is 2.06. The van der Waals surface area contributed by atoms with Crippen LogP contribution in [0.3, 0.4) is 0 Å². The molecule has 0 atom stereocenters. The minimum Gasteiger partial charge on any atom is -0.509 e. The molecular weight excluding hydrogens is 724 g/mol. The SMILES string of the molecule is CCCc1ccc2c3ccc(Oc4[c-]c(N5[CH-]N(C)c6ccccc65)ccc4)[c-]c3n(-c3cc(C)ccn3)c2c1CCC.[Pt]. The van der Waals surface area contributed by atoms with Gasteiger partial charge in [-0.05, 0) is 73.2 Å². The zero-order chi connectivity index (χ0) is 29.5. The summed E-state index contributed by atoms with van der Waals surface area (Å²) in [6.45, 7) is 8.70. The first-order valence-electron chi connectivity index (χ1n) is 15.2. The van der Waals surface area contributed by atoms with Gasteiger partial charge in [0.05, 0.1) is 0 Å². The molecule has 6 aromatic rings. The van der Waals surface area contributed by atoms with Crippen LogP contribution in [0.4, 0.5) is 17.1 Å². The standard InChI is InChI=1S/C38H35N4O.Pt/c1-5-10-27-16-18-33-32-19-17-30(24-36(32)42(38(33)31(27)11-6-2)37-22-26(3)20-21-39-37)43-29-13-9-12-28(23-29)41-25-40(4)34-14-7-8-15-35(34)41;/h7-9,12-22,25H,5-6,10-11H2,1-4H3;/q-3;. The fourth-order valence-corrected chi connectivity index (χ4v) is 6.29. The number of rotatable bonds is 8. The molecule has 0 amide bonds. The van der Waals surface area contributed by atoms with E-state index in [4.69, 9.17) is 9.72 Å². The van der Waals surface area contributed by atoms with Crippen LogP contribution in [-0.4, -0.2) is 16.6 Å². The van der Waals surface area contributed by atoms with Crippen molar-refractivity contribution in [1.82, 2.24) is 9.55 Å². The molecule has 1 aliphatic rings. The van der Waals surface area contributed by atoms with Crippen molar-refractivity contribution in [1.29, 1.82) is 0 Å². The Morgan fingerprint density at radius 3 is 2.39 bits per heavy atom. The summed E-state index contributed by atoms with van der Waals surface area (Å²) >= 11 is 0. The van der Waals surface area contributed by atoms with Gasteiger partial charge in [0.1, 0.15) is 5.82 Å². The van der Waals surface area contributed by atoms with Crippen LogP contribution in [0.5, 0.6) is 11.5 Å². The first-order chi connectivity index (χ1) is 21.1. The van der Waals surface area contributed by atoms with Crippen LogP contribution in [0.2, 0.25) is 0 Å². The molecule has 4 aromatic carbocycles. The molecule has 0 N–H and O–H groups in total. The maximum absolute atomic E-state index is 6.45. The minimum atomic E-state index is 0. The molecule has 6 heteroatoms. The summed E-state index contributed by atoms with van der Waals surface area (Å²) in [4.78, 5) is 9.09. The second-order valence-corrected chi connectivity index (χ2v) is 11.3. The molecule has 0 unspecified atom stereocenters. The zero-order valence-corrected chi connectivity index (χ0v) is 27.8. The number of para-hydroxylation sites is 2. The predicted molar refractivity (Wildman–Crippen MR) is 177 cm³/mol. The third-order valence-corrected chi connectivity index (χ3v) is 8.21. The van der Waals surface area contributed by atoms with Crippen molar-refractivity contribution in [3.63, 3.8) is 0 Å². The van der Waals surface area contributed by atoms with E-state index in [1.807, 2.05) is 30.5 Å². The molecule has 0 aliphatic carbocycles. The molecule has 5 nitrogen and oxygen atoms in total. The number of benzene rings is 4. The number of ether oxygens (including phenoxy) is 1.